The van der Waals surface area contributed by atoms with Gasteiger partial charge < -0.3 is 5.73 Å². The van der Waals surface area contributed by atoms with Crippen LogP contribution in [-0.2, 0) is 10.0 Å². The first-order valence-corrected chi connectivity index (χ1v) is 8.65. The molecular formula is C15H24N2O2S. The minimum atomic E-state index is -3.48. The van der Waals surface area contributed by atoms with Crippen molar-refractivity contribution in [3.05, 3.63) is 23.8 Å². The summed E-state index contributed by atoms with van der Waals surface area (Å²) in [5.74, 6) is 0. The summed E-state index contributed by atoms with van der Waals surface area (Å²) in [5, 5.41) is 0. The van der Waals surface area contributed by atoms with Gasteiger partial charge in [-0.25, -0.2) is 8.42 Å². The predicted molar refractivity (Wildman–Crippen MR) is 82.0 cm³/mol. The molecule has 0 saturated carbocycles. The lowest BCUT2D eigenvalue weighted by Crippen LogP contribution is -2.32. The van der Waals surface area contributed by atoms with Gasteiger partial charge in [-0.2, -0.15) is 4.31 Å². The van der Waals surface area contributed by atoms with E-state index >= 15 is 0 Å². The Morgan fingerprint density at radius 1 is 1.30 bits per heavy atom. The van der Waals surface area contributed by atoms with Crippen molar-refractivity contribution in [2.24, 2.45) is 5.41 Å². The Morgan fingerprint density at radius 3 is 2.45 bits per heavy atom. The number of hydrogen-bond acceptors (Lipinski definition) is 3. The highest BCUT2D eigenvalue weighted by Crippen LogP contribution is 2.40. The second-order valence-corrected chi connectivity index (χ2v) is 7.66. The number of nitrogen functional groups attached to an aromatic ring is 1. The molecule has 0 spiro atoms. The molecule has 20 heavy (non-hydrogen) atoms. The first kappa shape index (κ1) is 15.3. The molecule has 1 aliphatic heterocycles. The average molecular weight is 296 g/mol. The fraction of sp³-hybridized carbons (Fsp3) is 0.600. The monoisotopic (exact) mass is 296 g/mol. The largest absolute Gasteiger partial charge is 0.398 e. The van der Waals surface area contributed by atoms with Crippen LogP contribution in [0.4, 0.5) is 5.69 Å². The number of nitrogens with zero attached hydrogens (tertiary/aromatic N) is 1. The summed E-state index contributed by atoms with van der Waals surface area (Å²) in [6.45, 7) is 7.28. The molecule has 4 nitrogen and oxygen atoms in total. The summed E-state index contributed by atoms with van der Waals surface area (Å²) in [5.41, 5.74) is 7.09. The van der Waals surface area contributed by atoms with Crippen LogP contribution in [0.25, 0.3) is 0 Å². The van der Waals surface area contributed by atoms with Crippen molar-refractivity contribution < 1.29 is 8.42 Å². The van der Waals surface area contributed by atoms with Gasteiger partial charge in [0.25, 0.3) is 0 Å². The quantitative estimate of drug-likeness (QED) is 0.869. The molecule has 0 aliphatic carbocycles. The van der Waals surface area contributed by atoms with Crippen molar-refractivity contribution in [3.63, 3.8) is 0 Å². The topological polar surface area (TPSA) is 63.4 Å². The van der Waals surface area contributed by atoms with Gasteiger partial charge in [0, 0.05) is 13.1 Å². The zero-order chi connectivity index (χ0) is 15.0. The van der Waals surface area contributed by atoms with E-state index in [0.29, 0.717) is 18.8 Å². The van der Waals surface area contributed by atoms with Crippen LogP contribution in [0.3, 0.4) is 0 Å². The van der Waals surface area contributed by atoms with Crippen molar-refractivity contribution in [3.8, 4) is 0 Å². The van der Waals surface area contributed by atoms with Crippen LogP contribution in [0, 0.1) is 12.3 Å². The SMILES string of the molecule is CCC1(CC)CCN(S(=O)(=O)c2c(C)cccc2N)C1. The Morgan fingerprint density at radius 2 is 1.95 bits per heavy atom. The Balaban J connectivity index is 2.38. The molecular weight excluding hydrogens is 272 g/mol. The van der Waals surface area contributed by atoms with Crippen molar-refractivity contribution >= 4 is 15.7 Å². The standard InChI is InChI=1S/C15H24N2O2S/c1-4-15(5-2)9-10-17(11-15)20(18,19)14-12(3)7-6-8-13(14)16/h6-8H,4-5,9-11,16H2,1-3H3. The van der Waals surface area contributed by atoms with E-state index in [-0.39, 0.29) is 10.3 Å². The fourth-order valence-electron chi connectivity index (χ4n) is 3.08. The summed E-state index contributed by atoms with van der Waals surface area (Å²) >= 11 is 0. The molecule has 1 aromatic carbocycles. The predicted octanol–water partition coefficient (Wildman–Crippen LogP) is 2.78. The lowest BCUT2D eigenvalue weighted by molar-refractivity contribution is 0.279. The van der Waals surface area contributed by atoms with E-state index in [9.17, 15) is 8.42 Å². The maximum Gasteiger partial charge on any atom is 0.245 e. The van der Waals surface area contributed by atoms with Gasteiger partial charge in [-0.3, -0.25) is 0 Å². The number of hydrogen-bond donors (Lipinski definition) is 1. The minimum absolute atomic E-state index is 0.129. The van der Waals surface area contributed by atoms with Crippen molar-refractivity contribution in [1.82, 2.24) is 4.31 Å². The van der Waals surface area contributed by atoms with Crippen molar-refractivity contribution in [2.75, 3.05) is 18.8 Å². The molecule has 1 heterocycles. The lowest BCUT2D eigenvalue weighted by Gasteiger charge is -2.26. The Kier molecular flexibility index (Phi) is 4.12. The van der Waals surface area contributed by atoms with Crippen LogP contribution >= 0.6 is 0 Å². The number of rotatable bonds is 4. The molecule has 0 radical (unpaired) electrons. The highest BCUT2D eigenvalue weighted by Gasteiger charge is 2.41. The van der Waals surface area contributed by atoms with Gasteiger partial charge in [-0.1, -0.05) is 26.0 Å². The Labute approximate surface area is 122 Å². The normalized spacial score (nSPS) is 19.4. The maximum absolute atomic E-state index is 12.8. The van der Waals surface area contributed by atoms with Crippen molar-refractivity contribution in [2.45, 2.75) is 44.9 Å². The van der Waals surface area contributed by atoms with E-state index < -0.39 is 10.0 Å². The maximum atomic E-state index is 12.8. The van der Waals surface area contributed by atoms with Crippen LogP contribution in [0.1, 0.15) is 38.7 Å². The first-order valence-electron chi connectivity index (χ1n) is 7.21. The number of aryl methyl sites for hydroxylation is 1. The molecule has 1 fully saturated rings. The van der Waals surface area contributed by atoms with E-state index in [1.54, 1.807) is 29.4 Å². The highest BCUT2D eigenvalue weighted by molar-refractivity contribution is 7.89. The summed E-state index contributed by atoms with van der Waals surface area (Å²) in [4.78, 5) is 0.281. The molecule has 1 saturated heterocycles. The van der Waals surface area contributed by atoms with Crippen LogP contribution in [0.15, 0.2) is 23.1 Å². The second kappa shape index (κ2) is 5.37. The molecule has 1 aliphatic rings. The molecule has 2 N–H and O–H groups in total. The third-order valence-corrected chi connectivity index (χ3v) is 6.81. The molecule has 0 aromatic heterocycles. The van der Waals surface area contributed by atoms with Crippen LogP contribution in [0.5, 0.6) is 0 Å². The number of benzene rings is 1. The number of anilines is 1. The molecule has 1 aromatic rings. The van der Waals surface area contributed by atoms with Crippen molar-refractivity contribution in [1.29, 1.82) is 0 Å². The summed E-state index contributed by atoms with van der Waals surface area (Å²) in [6.07, 6.45) is 2.96. The van der Waals surface area contributed by atoms with Crippen LogP contribution in [-0.4, -0.2) is 25.8 Å². The molecule has 2 rings (SSSR count). The second-order valence-electron chi connectivity index (χ2n) is 5.79. The average Bonchev–Trinajstić information content (AvgIpc) is 2.84. The summed E-state index contributed by atoms with van der Waals surface area (Å²) < 4.78 is 27.3. The number of sulfonamides is 1. The highest BCUT2D eigenvalue weighted by atomic mass is 32.2. The van der Waals surface area contributed by atoms with E-state index in [1.165, 1.54) is 0 Å². The smallest absolute Gasteiger partial charge is 0.245 e. The third-order valence-electron chi connectivity index (χ3n) is 4.74. The molecule has 0 bridgehead atoms. The molecule has 0 amide bonds. The fourth-order valence-corrected chi connectivity index (χ4v) is 4.96. The van der Waals surface area contributed by atoms with E-state index in [1.807, 2.05) is 0 Å². The third kappa shape index (κ3) is 2.44. The Bertz CT molecular complexity index is 572. The van der Waals surface area contributed by atoms with Crippen LogP contribution < -0.4 is 5.73 Å². The van der Waals surface area contributed by atoms with E-state index in [0.717, 1.165) is 24.8 Å². The van der Waals surface area contributed by atoms with Gasteiger partial charge in [0.2, 0.25) is 10.0 Å². The lowest BCUT2D eigenvalue weighted by atomic mass is 9.82. The van der Waals surface area contributed by atoms with Crippen LogP contribution in [0.2, 0.25) is 0 Å². The van der Waals surface area contributed by atoms with E-state index in [4.69, 9.17) is 5.73 Å². The van der Waals surface area contributed by atoms with E-state index in [2.05, 4.69) is 13.8 Å². The van der Waals surface area contributed by atoms with Gasteiger partial charge in [-0.05, 0) is 43.2 Å². The summed E-state index contributed by atoms with van der Waals surface area (Å²) in [6, 6.07) is 5.24. The first-order chi connectivity index (χ1) is 9.36. The Hall–Kier alpha value is -1.07. The number of nitrogens with two attached hydrogens (primary N) is 1. The summed E-state index contributed by atoms with van der Waals surface area (Å²) in [7, 11) is -3.48. The minimum Gasteiger partial charge on any atom is -0.398 e. The molecule has 0 unspecified atom stereocenters. The molecule has 0 atom stereocenters. The van der Waals surface area contributed by atoms with Gasteiger partial charge in [0.15, 0.2) is 0 Å². The van der Waals surface area contributed by atoms with Gasteiger partial charge in [0.05, 0.1) is 5.69 Å². The van der Waals surface area contributed by atoms with Gasteiger partial charge in [0.1, 0.15) is 4.90 Å². The zero-order valence-electron chi connectivity index (χ0n) is 12.5. The zero-order valence-corrected chi connectivity index (χ0v) is 13.3. The van der Waals surface area contributed by atoms with Gasteiger partial charge >= 0.3 is 0 Å². The molecule has 112 valence electrons. The van der Waals surface area contributed by atoms with Gasteiger partial charge in [-0.15, -0.1) is 0 Å². The molecule has 5 heteroatoms.